The number of anilines is 1. The van der Waals surface area contributed by atoms with Crippen LogP contribution in [-0.4, -0.2) is 41.3 Å². The lowest BCUT2D eigenvalue weighted by Gasteiger charge is -2.22. The number of likely N-dealkylation sites (N-methyl/N-ethyl adjacent to an activating group) is 1. The van der Waals surface area contributed by atoms with Crippen LogP contribution in [0.3, 0.4) is 0 Å². The Bertz CT molecular complexity index is 515. The Labute approximate surface area is 125 Å². The van der Waals surface area contributed by atoms with Crippen LogP contribution in [0, 0.1) is 5.82 Å². The van der Waals surface area contributed by atoms with E-state index in [0.29, 0.717) is 0 Å². The topological polar surface area (TPSA) is 49.4 Å². The van der Waals surface area contributed by atoms with Crippen molar-refractivity contribution in [1.29, 1.82) is 0 Å². The molecular weight excluding hydrogens is 303 g/mol. The molecule has 2 rings (SSSR count). The van der Waals surface area contributed by atoms with Gasteiger partial charge < -0.3 is 10.2 Å². The first-order valence-corrected chi connectivity index (χ1v) is 7.62. The van der Waals surface area contributed by atoms with Crippen molar-refractivity contribution in [3.63, 3.8) is 0 Å². The third-order valence-corrected chi connectivity index (χ3v) is 4.45. The molecule has 1 aromatic rings. The number of nitrogens with zero attached hydrogens (tertiary/aromatic N) is 1. The molecule has 20 heavy (non-hydrogen) atoms. The van der Waals surface area contributed by atoms with E-state index >= 15 is 0 Å². The van der Waals surface area contributed by atoms with Crippen LogP contribution in [0.5, 0.6) is 0 Å². The lowest BCUT2D eigenvalue weighted by Crippen LogP contribution is -2.43. The predicted molar refractivity (Wildman–Crippen MR) is 78.5 cm³/mol. The molecule has 0 spiro atoms. The molecule has 1 saturated heterocycles. The average molecular weight is 317 g/mol. The molecule has 1 heterocycles. The van der Waals surface area contributed by atoms with Crippen LogP contribution in [0.15, 0.2) is 18.2 Å². The molecule has 0 aromatic heterocycles. The maximum Gasteiger partial charge on any atom is 0.313 e. The summed E-state index contributed by atoms with van der Waals surface area (Å²) in [6.07, 6.45) is 0.881. The first kappa shape index (κ1) is 15.1. The zero-order valence-electron chi connectivity index (χ0n) is 10.9. The van der Waals surface area contributed by atoms with E-state index in [2.05, 4.69) is 5.32 Å². The summed E-state index contributed by atoms with van der Waals surface area (Å²) in [5, 5.41) is 2.53. The Morgan fingerprint density at radius 2 is 2.20 bits per heavy atom. The fourth-order valence-corrected chi connectivity index (χ4v) is 3.45. The molecule has 0 saturated carbocycles. The molecule has 4 nitrogen and oxygen atoms in total. The Morgan fingerprint density at radius 1 is 1.45 bits per heavy atom. The van der Waals surface area contributed by atoms with Crippen LogP contribution in [0.25, 0.3) is 0 Å². The maximum atomic E-state index is 13.1. The molecule has 0 bridgehead atoms. The molecule has 1 N–H and O–H groups in total. The normalized spacial score (nSPS) is 17.9. The van der Waals surface area contributed by atoms with E-state index in [9.17, 15) is 14.0 Å². The van der Waals surface area contributed by atoms with Crippen molar-refractivity contribution in [1.82, 2.24) is 4.90 Å². The van der Waals surface area contributed by atoms with Crippen LogP contribution >= 0.6 is 23.4 Å². The van der Waals surface area contributed by atoms with Gasteiger partial charge in [-0.3, -0.25) is 9.59 Å². The van der Waals surface area contributed by atoms with Crippen LogP contribution in [0.1, 0.15) is 6.42 Å². The van der Waals surface area contributed by atoms with Crippen molar-refractivity contribution in [3.8, 4) is 0 Å². The smallest absolute Gasteiger partial charge is 0.313 e. The fraction of sp³-hybridized carbons (Fsp3) is 0.385. The van der Waals surface area contributed by atoms with Crippen LogP contribution in [0.2, 0.25) is 5.02 Å². The number of carbonyl (C=O) groups is 2. The molecule has 7 heteroatoms. The second-order valence-corrected chi connectivity index (χ2v) is 6.13. The summed E-state index contributed by atoms with van der Waals surface area (Å²) >= 11 is 7.44. The van der Waals surface area contributed by atoms with E-state index in [4.69, 9.17) is 11.6 Å². The highest BCUT2D eigenvalue weighted by atomic mass is 35.5. The highest BCUT2D eigenvalue weighted by Gasteiger charge is 2.28. The number of thioether (sulfide) groups is 1. The quantitative estimate of drug-likeness (QED) is 0.852. The average Bonchev–Trinajstić information content (AvgIpc) is 2.89. The summed E-state index contributed by atoms with van der Waals surface area (Å²) in [5.41, 5.74) is 0.169. The van der Waals surface area contributed by atoms with Gasteiger partial charge in [0, 0.05) is 29.6 Å². The van der Waals surface area contributed by atoms with Gasteiger partial charge in [-0.1, -0.05) is 11.6 Å². The Hall–Kier alpha value is -1.27. The number of amides is 2. The largest absolute Gasteiger partial charge is 0.334 e. The van der Waals surface area contributed by atoms with E-state index in [1.807, 2.05) is 0 Å². The van der Waals surface area contributed by atoms with Gasteiger partial charge in [0.2, 0.25) is 0 Å². The third-order valence-electron chi connectivity index (χ3n) is 3.09. The highest BCUT2D eigenvalue weighted by Crippen LogP contribution is 2.22. The van der Waals surface area contributed by atoms with Gasteiger partial charge in [-0.2, -0.15) is 11.8 Å². The maximum absolute atomic E-state index is 13.1. The lowest BCUT2D eigenvalue weighted by atomic mass is 10.2. The number of nitrogens with one attached hydrogen (secondary N) is 1. The zero-order valence-corrected chi connectivity index (χ0v) is 12.4. The summed E-state index contributed by atoms with van der Waals surface area (Å²) < 4.78 is 13.1. The van der Waals surface area contributed by atoms with Crippen molar-refractivity contribution < 1.29 is 14.0 Å². The number of carbonyl (C=O) groups excluding carboxylic acids is 2. The molecule has 1 aliphatic heterocycles. The van der Waals surface area contributed by atoms with Crippen molar-refractivity contribution in [2.45, 2.75) is 12.5 Å². The highest BCUT2D eigenvalue weighted by molar-refractivity contribution is 7.99. The van der Waals surface area contributed by atoms with Gasteiger partial charge in [0.05, 0.1) is 0 Å². The van der Waals surface area contributed by atoms with E-state index < -0.39 is 17.6 Å². The van der Waals surface area contributed by atoms with E-state index in [-0.39, 0.29) is 16.8 Å². The van der Waals surface area contributed by atoms with Gasteiger partial charge in [-0.25, -0.2) is 4.39 Å². The second-order valence-electron chi connectivity index (χ2n) is 4.55. The molecule has 0 radical (unpaired) electrons. The van der Waals surface area contributed by atoms with Gasteiger partial charge in [0.15, 0.2) is 0 Å². The minimum Gasteiger partial charge on any atom is -0.334 e. The van der Waals surface area contributed by atoms with Gasteiger partial charge in [-0.15, -0.1) is 0 Å². The van der Waals surface area contributed by atoms with Gasteiger partial charge >= 0.3 is 11.8 Å². The summed E-state index contributed by atoms with van der Waals surface area (Å²) in [4.78, 5) is 25.3. The number of halogens is 2. The molecular formula is C13H14ClFN2O2S. The van der Waals surface area contributed by atoms with Crippen LogP contribution < -0.4 is 5.32 Å². The van der Waals surface area contributed by atoms with E-state index in [0.717, 1.165) is 30.1 Å². The molecule has 1 aliphatic rings. The van der Waals surface area contributed by atoms with Gasteiger partial charge in [0.25, 0.3) is 0 Å². The Morgan fingerprint density at radius 3 is 2.80 bits per heavy atom. The second kappa shape index (κ2) is 6.45. The molecule has 1 aromatic carbocycles. The van der Waals surface area contributed by atoms with Gasteiger partial charge in [0.1, 0.15) is 5.82 Å². The molecule has 0 unspecified atom stereocenters. The molecule has 1 fully saturated rings. The first-order chi connectivity index (χ1) is 9.47. The standard InChI is InChI=1S/C13H14ClFN2O2S/c1-17(11-2-3-20-7-11)13(19)12(18)16-10-5-8(14)4-9(15)6-10/h4-6,11H,2-3,7H2,1H3,(H,16,18)/t11-/m0/s1. The van der Waals surface area contributed by atoms with Crippen molar-refractivity contribution >= 4 is 40.9 Å². The van der Waals surface area contributed by atoms with E-state index in [1.165, 1.54) is 11.0 Å². The lowest BCUT2D eigenvalue weighted by molar-refractivity contribution is -0.143. The van der Waals surface area contributed by atoms with Crippen molar-refractivity contribution in [3.05, 3.63) is 29.0 Å². The summed E-state index contributed by atoms with van der Waals surface area (Å²) in [6, 6.07) is 3.71. The minimum absolute atomic E-state index is 0.0781. The number of rotatable bonds is 2. The van der Waals surface area contributed by atoms with Crippen molar-refractivity contribution in [2.75, 3.05) is 23.9 Å². The van der Waals surface area contributed by atoms with Crippen LogP contribution in [0.4, 0.5) is 10.1 Å². The minimum atomic E-state index is -0.786. The summed E-state index contributed by atoms with van der Waals surface area (Å²) in [7, 11) is 1.61. The van der Waals surface area contributed by atoms with Crippen LogP contribution in [-0.2, 0) is 9.59 Å². The number of benzene rings is 1. The summed E-state index contributed by atoms with van der Waals surface area (Å²) in [6.45, 7) is 0. The predicted octanol–water partition coefficient (Wildman–Crippen LogP) is 2.38. The van der Waals surface area contributed by atoms with E-state index in [1.54, 1.807) is 18.8 Å². The Kier molecular flexibility index (Phi) is 4.88. The molecule has 2 amide bonds. The van der Waals surface area contributed by atoms with Crippen molar-refractivity contribution in [2.24, 2.45) is 0 Å². The molecule has 1 atom stereocenters. The summed E-state index contributed by atoms with van der Waals surface area (Å²) in [5.74, 6) is -0.158. The fourth-order valence-electron chi connectivity index (χ4n) is 1.96. The Balaban J connectivity index is 2.01. The zero-order chi connectivity index (χ0) is 14.7. The number of hydrogen-bond acceptors (Lipinski definition) is 3. The van der Waals surface area contributed by atoms with Gasteiger partial charge in [-0.05, 0) is 30.4 Å². The first-order valence-electron chi connectivity index (χ1n) is 6.09. The third kappa shape index (κ3) is 3.64. The number of hydrogen-bond donors (Lipinski definition) is 1. The molecule has 108 valence electrons. The molecule has 0 aliphatic carbocycles. The SMILES string of the molecule is CN(C(=O)C(=O)Nc1cc(F)cc(Cl)c1)[C@H]1CCSC1. The monoisotopic (exact) mass is 316 g/mol.